The Morgan fingerprint density at radius 2 is 1.87 bits per heavy atom. The molecular weight excluding hydrogens is 325 g/mol. The summed E-state index contributed by atoms with van der Waals surface area (Å²) in [5.74, 6) is -0.935. The van der Waals surface area contributed by atoms with Gasteiger partial charge in [-0.05, 0) is 29.8 Å². The molecule has 0 aliphatic carbocycles. The van der Waals surface area contributed by atoms with E-state index >= 15 is 0 Å². The molecule has 2 aliphatic rings. The molecule has 0 saturated heterocycles. The zero-order valence-corrected chi connectivity index (χ0v) is 12.4. The van der Waals surface area contributed by atoms with Crippen molar-refractivity contribution in [2.24, 2.45) is 0 Å². The fourth-order valence-electron chi connectivity index (χ4n) is 2.68. The van der Waals surface area contributed by atoms with Crippen molar-refractivity contribution >= 4 is 29.0 Å². The topological polar surface area (TPSA) is 55.8 Å². The first-order valence-electron chi connectivity index (χ1n) is 6.78. The fraction of sp³-hybridized carbons (Fsp3) is 0.125. The van der Waals surface area contributed by atoms with E-state index in [2.05, 4.69) is 0 Å². The number of ether oxygens (including phenoxy) is 2. The molecule has 2 heterocycles. The number of fused-ring (bicyclic) bond motifs is 2. The van der Waals surface area contributed by atoms with Crippen molar-refractivity contribution < 1.29 is 23.5 Å². The van der Waals surface area contributed by atoms with Crippen LogP contribution in [-0.2, 0) is 11.3 Å². The molecule has 0 unspecified atom stereocenters. The monoisotopic (exact) mass is 333 g/mol. The molecule has 116 valence electrons. The van der Waals surface area contributed by atoms with Crippen LogP contribution in [-0.4, -0.2) is 18.5 Å². The van der Waals surface area contributed by atoms with Gasteiger partial charge in [0.2, 0.25) is 6.79 Å². The Bertz CT molecular complexity index is 867. The second-order valence-corrected chi connectivity index (χ2v) is 5.59. The van der Waals surface area contributed by atoms with Gasteiger partial charge >= 0.3 is 0 Å². The van der Waals surface area contributed by atoms with Crippen molar-refractivity contribution in [1.29, 1.82) is 0 Å². The number of benzene rings is 2. The van der Waals surface area contributed by atoms with Crippen LogP contribution < -0.4 is 14.4 Å². The van der Waals surface area contributed by atoms with E-state index in [1.54, 1.807) is 12.1 Å². The lowest BCUT2D eigenvalue weighted by molar-refractivity contribution is -0.114. The second kappa shape index (κ2) is 4.96. The van der Waals surface area contributed by atoms with E-state index in [4.69, 9.17) is 21.1 Å². The predicted molar refractivity (Wildman–Crippen MR) is 79.5 cm³/mol. The highest BCUT2D eigenvalue weighted by Crippen LogP contribution is 2.38. The SMILES string of the molecule is O=C1C(=O)N(Cc2cc3c(cc2Cl)OCO3)c2ccc(F)cc21. The summed E-state index contributed by atoms with van der Waals surface area (Å²) < 4.78 is 23.8. The minimum Gasteiger partial charge on any atom is -0.454 e. The van der Waals surface area contributed by atoms with Crippen LogP contribution in [0.3, 0.4) is 0 Å². The molecular formula is C16H9ClFNO4. The van der Waals surface area contributed by atoms with Gasteiger partial charge in [-0.15, -0.1) is 0 Å². The number of carbonyl (C=O) groups excluding carboxylic acids is 2. The molecule has 0 fully saturated rings. The van der Waals surface area contributed by atoms with Crippen molar-refractivity contribution in [2.75, 3.05) is 11.7 Å². The predicted octanol–water partition coefficient (Wildman–Crippen LogP) is 2.94. The van der Waals surface area contributed by atoms with Crippen LogP contribution in [0.1, 0.15) is 15.9 Å². The van der Waals surface area contributed by atoms with Crippen molar-refractivity contribution in [2.45, 2.75) is 6.54 Å². The minimum absolute atomic E-state index is 0.0619. The van der Waals surface area contributed by atoms with E-state index in [9.17, 15) is 14.0 Å². The van der Waals surface area contributed by atoms with Crippen LogP contribution in [0.25, 0.3) is 0 Å². The summed E-state index contributed by atoms with van der Waals surface area (Å²) in [5.41, 5.74) is 1.04. The van der Waals surface area contributed by atoms with Crippen molar-refractivity contribution in [1.82, 2.24) is 0 Å². The third kappa shape index (κ3) is 2.14. The van der Waals surface area contributed by atoms with Gasteiger partial charge in [0, 0.05) is 11.1 Å². The number of hydrogen-bond acceptors (Lipinski definition) is 4. The largest absolute Gasteiger partial charge is 0.454 e. The van der Waals surface area contributed by atoms with Gasteiger partial charge in [-0.3, -0.25) is 9.59 Å². The zero-order valence-electron chi connectivity index (χ0n) is 11.6. The summed E-state index contributed by atoms with van der Waals surface area (Å²) >= 11 is 6.20. The minimum atomic E-state index is -0.726. The summed E-state index contributed by atoms with van der Waals surface area (Å²) in [5, 5.41) is 0.394. The van der Waals surface area contributed by atoms with Crippen LogP contribution in [0.5, 0.6) is 11.5 Å². The molecule has 7 heteroatoms. The Morgan fingerprint density at radius 1 is 1.13 bits per heavy atom. The van der Waals surface area contributed by atoms with E-state index in [-0.39, 0.29) is 18.9 Å². The molecule has 0 saturated carbocycles. The number of amides is 1. The first-order valence-corrected chi connectivity index (χ1v) is 7.16. The molecule has 2 aliphatic heterocycles. The molecule has 1 amide bonds. The normalized spacial score (nSPS) is 15.3. The third-order valence-electron chi connectivity index (χ3n) is 3.80. The Labute approximate surface area is 135 Å². The lowest BCUT2D eigenvalue weighted by Gasteiger charge is -2.17. The zero-order chi connectivity index (χ0) is 16.1. The number of halogens is 2. The summed E-state index contributed by atoms with van der Waals surface area (Å²) in [6.45, 7) is 0.192. The molecule has 0 atom stereocenters. The molecule has 2 aromatic rings. The van der Waals surface area contributed by atoms with Gasteiger partial charge in [-0.25, -0.2) is 4.39 Å². The van der Waals surface area contributed by atoms with Crippen LogP contribution in [0.15, 0.2) is 30.3 Å². The number of anilines is 1. The van der Waals surface area contributed by atoms with Gasteiger partial charge in [-0.1, -0.05) is 11.6 Å². The number of carbonyl (C=O) groups is 2. The van der Waals surface area contributed by atoms with E-state index in [1.165, 1.54) is 17.0 Å². The quantitative estimate of drug-likeness (QED) is 0.793. The van der Waals surface area contributed by atoms with Crippen LogP contribution in [0.4, 0.5) is 10.1 Å². The van der Waals surface area contributed by atoms with E-state index in [1.807, 2.05) is 0 Å². The summed E-state index contributed by atoms with van der Waals surface area (Å²) in [6, 6.07) is 6.96. The lowest BCUT2D eigenvalue weighted by atomic mass is 10.1. The van der Waals surface area contributed by atoms with Gasteiger partial charge in [0.05, 0.1) is 17.8 Å². The first-order chi connectivity index (χ1) is 11.0. The fourth-order valence-corrected chi connectivity index (χ4v) is 2.89. The summed E-state index contributed by atoms with van der Waals surface area (Å²) in [4.78, 5) is 25.4. The molecule has 0 N–H and O–H groups in total. The first kappa shape index (κ1) is 14.0. The third-order valence-corrected chi connectivity index (χ3v) is 4.16. The maximum absolute atomic E-state index is 13.3. The maximum atomic E-state index is 13.3. The van der Waals surface area contributed by atoms with Gasteiger partial charge in [0.1, 0.15) is 5.82 Å². The van der Waals surface area contributed by atoms with E-state index in [0.717, 1.165) is 6.07 Å². The van der Waals surface area contributed by atoms with Crippen LogP contribution in [0.2, 0.25) is 5.02 Å². The van der Waals surface area contributed by atoms with Crippen molar-refractivity contribution in [3.05, 3.63) is 52.3 Å². The number of rotatable bonds is 2. The number of nitrogens with zero attached hydrogens (tertiary/aromatic N) is 1. The molecule has 0 spiro atoms. The number of Topliss-reactive ketones (excluding diaryl/α,β-unsaturated/α-hetero) is 1. The maximum Gasteiger partial charge on any atom is 0.299 e. The molecule has 0 aromatic heterocycles. The molecule has 23 heavy (non-hydrogen) atoms. The summed E-state index contributed by atoms with van der Waals surface area (Å²) in [6.07, 6.45) is 0. The van der Waals surface area contributed by atoms with Crippen molar-refractivity contribution in [3.63, 3.8) is 0 Å². The van der Waals surface area contributed by atoms with Crippen molar-refractivity contribution in [3.8, 4) is 11.5 Å². The van der Waals surface area contributed by atoms with Gasteiger partial charge in [0.25, 0.3) is 11.7 Å². The Kier molecular flexibility index (Phi) is 3.02. The van der Waals surface area contributed by atoms with Gasteiger partial charge in [0.15, 0.2) is 11.5 Å². The van der Waals surface area contributed by atoms with E-state index < -0.39 is 17.5 Å². The molecule has 0 radical (unpaired) electrons. The number of hydrogen-bond donors (Lipinski definition) is 0. The number of ketones is 1. The van der Waals surface area contributed by atoms with E-state index in [0.29, 0.717) is 27.8 Å². The van der Waals surface area contributed by atoms with Crippen LogP contribution >= 0.6 is 11.6 Å². The Hall–Kier alpha value is -2.60. The smallest absolute Gasteiger partial charge is 0.299 e. The molecule has 2 aromatic carbocycles. The highest BCUT2D eigenvalue weighted by atomic mass is 35.5. The Balaban J connectivity index is 1.73. The average Bonchev–Trinajstić information content (AvgIpc) is 3.06. The highest BCUT2D eigenvalue weighted by molar-refractivity contribution is 6.52. The summed E-state index contributed by atoms with van der Waals surface area (Å²) in [7, 11) is 0. The molecule has 0 bridgehead atoms. The lowest BCUT2D eigenvalue weighted by Crippen LogP contribution is -2.29. The van der Waals surface area contributed by atoms with Gasteiger partial charge in [-0.2, -0.15) is 0 Å². The standard InChI is InChI=1S/C16H9ClFNO4/c17-11-5-14-13(22-7-23-14)3-8(11)6-19-12-2-1-9(18)4-10(12)15(20)16(19)21/h1-5H,6-7H2. The molecule has 4 rings (SSSR count). The average molecular weight is 334 g/mol. The molecule has 5 nitrogen and oxygen atoms in total. The highest BCUT2D eigenvalue weighted by Gasteiger charge is 2.36. The van der Waals surface area contributed by atoms with Crippen LogP contribution in [0, 0.1) is 5.82 Å². The second-order valence-electron chi connectivity index (χ2n) is 5.18. The van der Waals surface area contributed by atoms with Gasteiger partial charge < -0.3 is 14.4 Å². The Morgan fingerprint density at radius 3 is 2.65 bits per heavy atom.